The Labute approximate surface area is 245 Å². The number of thiophene rings is 1. The Bertz CT molecular complexity index is 2300. The minimum Gasteiger partial charge on any atom is -0.456 e. The molecule has 3 nitrogen and oxygen atoms in total. The number of furan rings is 1. The number of benzene rings is 6. The summed E-state index contributed by atoms with van der Waals surface area (Å²) in [5.74, 6) is 0. The van der Waals surface area contributed by atoms with Crippen molar-refractivity contribution in [2.24, 2.45) is 0 Å². The van der Waals surface area contributed by atoms with Crippen LogP contribution < -0.4 is 0 Å². The first-order valence-electron chi connectivity index (χ1n) is 13.6. The van der Waals surface area contributed by atoms with Gasteiger partial charge in [0.05, 0.1) is 17.2 Å². The van der Waals surface area contributed by atoms with Gasteiger partial charge in [0.15, 0.2) is 0 Å². The minimum absolute atomic E-state index is 0.610. The maximum atomic E-state index is 10.6. The zero-order valence-electron chi connectivity index (χ0n) is 22.3. The fraction of sp³-hybridized carbons (Fsp3) is 0. The molecule has 2 heterocycles. The van der Waals surface area contributed by atoms with Gasteiger partial charge < -0.3 is 4.42 Å². The van der Waals surface area contributed by atoms with Crippen LogP contribution in [-0.2, 0) is 0 Å². The second-order valence-corrected chi connectivity index (χ2v) is 11.4. The van der Waals surface area contributed by atoms with Crippen molar-refractivity contribution >= 4 is 53.4 Å². The predicted molar refractivity (Wildman–Crippen MR) is 172 cm³/mol. The average Bonchev–Trinajstić information content (AvgIpc) is 3.61. The first-order valence-corrected chi connectivity index (χ1v) is 14.4. The Morgan fingerprint density at radius 2 is 1.10 bits per heavy atom. The minimum atomic E-state index is 0.610. The van der Waals surface area contributed by atoms with Crippen LogP contribution in [0.5, 0.6) is 0 Å². The van der Waals surface area contributed by atoms with Crippen LogP contribution in [-0.4, -0.2) is 0 Å². The van der Waals surface area contributed by atoms with Crippen LogP contribution in [0.2, 0.25) is 0 Å². The molecule has 194 valence electrons. The summed E-state index contributed by atoms with van der Waals surface area (Å²) in [7, 11) is 0. The van der Waals surface area contributed by atoms with Gasteiger partial charge in [0.25, 0.3) is 0 Å². The molecule has 0 N–H and O–H groups in total. The van der Waals surface area contributed by atoms with Gasteiger partial charge in [0, 0.05) is 42.1 Å². The molecule has 0 saturated heterocycles. The number of para-hydroxylation sites is 1. The van der Waals surface area contributed by atoms with Crippen molar-refractivity contribution in [3.05, 3.63) is 132 Å². The summed E-state index contributed by atoms with van der Waals surface area (Å²) in [6.07, 6.45) is 0. The summed E-state index contributed by atoms with van der Waals surface area (Å²) in [6.45, 7) is 0. The molecular formula is C38H20N2OS. The van der Waals surface area contributed by atoms with E-state index >= 15 is 0 Å². The third-order valence-corrected chi connectivity index (χ3v) is 9.11. The van der Waals surface area contributed by atoms with Crippen LogP contribution in [0.1, 0.15) is 11.1 Å². The first-order chi connectivity index (χ1) is 20.7. The molecule has 0 aliphatic heterocycles. The summed E-state index contributed by atoms with van der Waals surface area (Å²) < 4.78 is 8.64. The quantitative estimate of drug-likeness (QED) is 0.219. The Morgan fingerprint density at radius 3 is 1.86 bits per heavy atom. The molecule has 0 amide bonds. The van der Waals surface area contributed by atoms with E-state index in [-0.39, 0.29) is 0 Å². The number of hydrogen-bond donors (Lipinski definition) is 0. The van der Waals surface area contributed by atoms with Gasteiger partial charge in [-0.3, -0.25) is 0 Å². The smallest absolute Gasteiger partial charge is 0.136 e. The maximum Gasteiger partial charge on any atom is 0.136 e. The lowest BCUT2D eigenvalue weighted by molar-refractivity contribution is 0.669. The molecule has 4 heteroatoms. The number of nitrogens with zero attached hydrogens (tertiary/aromatic N) is 2. The molecule has 0 atom stereocenters. The van der Waals surface area contributed by atoms with E-state index in [4.69, 9.17) is 4.42 Å². The van der Waals surface area contributed by atoms with Gasteiger partial charge in [-0.15, -0.1) is 11.3 Å². The van der Waals surface area contributed by atoms with Crippen LogP contribution >= 0.6 is 11.3 Å². The molecule has 0 unspecified atom stereocenters. The average molecular weight is 553 g/mol. The lowest BCUT2D eigenvalue weighted by Crippen LogP contribution is -1.93. The van der Waals surface area contributed by atoms with Crippen LogP contribution in [0.4, 0.5) is 0 Å². The van der Waals surface area contributed by atoms with Crippen LogP contribution in [0.3, 0.4) is 0 Å². The van der Waals surface area contributed by atoms with Gasteiger partial charge in [-0.05, 0) is 76.9 Å². The predicted octanol–water partition coefficient (Wildman–Crippen LogP) is 10.7. The highest BCUT2D eigenvalue weighted by atomic mass is 32.1. The number of hydrogen-bond acceptors (Lipinski definition) is 4. The van der Waals surface area contributed by atoms with Gasteiger partial charge >= 0.3 is 0 Å². The molecule has 6 aromatic carbocycles. The highest BCUT2D eigenvalue weighted by Gasteiger charge is 2.18. The van der Waals surface area contributed by atoms with Crippen molar-refractivity contribution in [2.75, 3.05) is 0 Å². The van der Waals surface area contributed by atoms with Crippen molar-refractivity contribution < 1.29 is 4.42 Å². The highest BCUT2D eigenvalue weighted by molar-refractivity contribution is 7.25. The molecule has 8 rings (SSSR count). The molecule has 0 radical (unpaired) electrons. The zero-order chi connectivity index (χ0) is 28.2. The van der Waals surface area contributed by atoms with Crippen LogP contribution in [0.25, 0.3) is 75.5 Å². The second kappa shape index (κ2) is 9.46. The molecule has 2 aromatic heterocycles. The van der Waals surface area contributed by atoms with E-state index in [1.807, 2.05) is 48.5 Å². The van der Waals surface area contributed by atoms with E-state index in [1.165, 1.54) is 20.2 Å². The van der Waals surface area contributed by atoms with E-state index in [9.17, 15) is 10.5 Å². The van der Waals surface area contributed by atoms with Crippen molar-refractivity contribution in [1.82, 2.24) is 0 Å². The molecule has 0 saturated carbocycles. The third kappa shape index (κ3) is 3.79. The first kappa shape index (κ1) is 24.1. The SMILES string of the molecule is N#Cc1ccc(-c2cc(-c3ccc4c(c3)oc3ccccc34)c(C#N)c(-c3ccc4c(c3)sc3ccccc34)c2)cc1. The summed E-state index contributed by atoms with van der Waals surface area (Å²) in [5.41, 5.74) is 8.43. The summed E-state index contributed by atoms with van der Waals surface area (Å²) in [6, 6.07) is 45.6. The molecule has 42 heavy (non-hydrogen) atoms. The molecule has 0 bridgehead atoms. The highest BCUT2D eigenvalue weighted by Crippen LogP contribution is 2.41. The molecule has 0 aliphatic carbocycles. The van der Waals surface area contributed by atoms with Crippen LogP contribution in [0, 0.1) is 22.7 Å². The lowest BCUT2D eigenvalue weighted by Gasteiger charge is -2.15. The summed E-state index contributed by atoms with van der Waals surface area (Å²) in [4.78, 5) is 0. The fourth-order valence-electron chi connectivity index (χ4n) is 5.91. The summed E-state index contributed by atoms with van der Waals surface area (Å²) >= 11 is 1.77. The largest absolute Gasteiger partial charge is 0.456 e. The maximum absolute atomic E-state index is 10.6. The number of rotatable bonds is 3. The zero-order valence-corrected chi connectivity index (χ0v) is 23.1. The monoisotopic (exact) mass is 552 g/mol. The van der Waals surface area contributed by atoms with E-state index in [0.29, 0.717) is 11.1 Å². The Kier molecular flexibility index (Phi) is 5.44. The van der Waals surface area contributed by atoms with E-state index in [1.54, 1.807) is 11.3 Å². The normalized spacial score (nSPS) is 11.3. The topological polar surface area (TPSA) is 60.7 Å². The fourth-order valence-corrected chi connectivity index (χ4v) is 7.05. The van der Waals surface area contributed by atoms with Crippen LogP contribution in [0.15, 0.2) is 126 Å². The molecule has 0 spiro atoms. The van der Waals surface area contributed by atoms with Gasteiger partial charge in [-0.2, -0.15) is 10.5 Å². The van der Waals surface area contributed by atoms with E-state index in [0.717, 1.165) is 55.3 Å². The van der Waals surface area contributed by atoms with Crippen molar-refractivity contribution in [3.8, 4) is 45.5 Å². The van der Waals surface area contributed by atoms with Gasteiger partial charge in [0.2, 0.25) is 0 Å². The van der Waals surface area contributed by atoms with Crippen molar-refractivity contribution in [2.45, 2.75) is 0 Å². The lowest BCUT2D eigenvalue weighted by atomic mass is 9.88. The standard InChI is InChI=1S/C38H20N2OS/c39-21-23-9-11-24(12-10-23)27-17-32(25-13-15-29-28-5-1-3-7-35(28)41-36(29)19-25)34(22-40)33(18-27)26-14-16-31-30-6-2-4-8-37(30)42-38(31)20-26/h1-20H. The summed E-state index contributed by atoms with van der Waals surface area (Å²) in [5, 5.41) is 24.5. The molecule has 0 aliphatic rings. The van der Waals surface area contributed by atoms with Crippen molar-refractivity contribution in [3.63, 3.8) is 0 Å². The number of nitriles is 2. The Hall–Kier alpha value is -5.68. The molecular weight excluding hydrogens is 532 g/mol. The number of fused-ring (bicyclic) bond motifs is 6. The van der Waals surface area contributed by atoms with E-state index < -0.39 is 0 Å². The van der Waals surface area contributed by atoms with Crippen molar-refractivity contribution in [1.29, 1.82) is 10.5 Å². The Balaban J connectivity index is 1.38. The molecule has 0 fully saturated rings. The Morgan fingerprint density at radius 1 is 0.476 bits per heavy atom. The van der Waals surface area contributed by atoms with Gasteiger partial charge in [-0.25, -0.2) is 0 Å². The molecule has 8 aromatic rings. The van der Waals surface area contributed by atoms with Gasteiger partial charge in [0.1, 0.15) is 17.2 Å². The van der Waals surface area contributed by atoms with Gasteiger partial charge in [-0.1, -0.05) is 66.7 Å². The second-order valence-electron chi connectivity index (χ2n) is 10.4. The third-order valence-electron chi connectivity index (χ3n) is 7.98. The van der Waals surface area contributed by atoms with E-state index in [2.05, 4.69) is 84.9 Å².